The second-order valence-electron chi connectivity index (χ2n) is 6.46. The third-order valence-corrected chi connectivity index (χ3v) is 3.81. The zero-order valence-corrected chi connectivity index (χ0v) is 16.0. The van der Waals surface area contributed by atoms with E-state index in [1.165, 1.54) is 12.0 Å². The summed E-state index contributed by atoms with van der Waals surface area (Å²) in [6.07, 6.45) is 16.8. The number of aromatic nitrogens is 4. The van der Waals surface area contributed by atoms with E-state index in [4.69, 9.17) is 0 Å². The molecule has 0 atom stereocenters. The maximum absolute atomic E-state index is 4.45. The molecule has 2 rings (SSSR count). The standard InChI is InChI=1S/C21H29N5/c1-4-5-6-7-8-9-12-19(2)15-26(17-20-13-10-11-14-22-20)18-21-16-25(3)24-23-21/h6-14,16H,4-5,15,17-18H2,1-3H3/b7-6+,9-8-,19-12+. The first-order valence-electron chi connectivity index (χ1n) is 9.13. The minimum absolute atomic E-state index is 0.746. The van der Waals surface area contributed by atoms with Crippen LogP contribution < -0.4 is 0 Å². The number of rotatable bonds is 10. The van der Waals surface area contributed by atoms with Crippen molar-refractivity contribution in [3.8, 4) is 0 Å². The molecule has 0 aromatic carbocycles. The normalized spacial score (nSPS) is 12.7. The van der Waals surface area contributed by atoms with Gasteiger partial charge in [0.05, 0.1) is 11.4 Å². The Kier molecular flexibility index (Phi) is 8.49. The van der Waals surface area contributed by atoms with Crippen molar-refractivity contribution in [2.45, 2.75) is 39.8 Å². The molecule has 0 unspecified atom stereocenters. The molecule has 0 aliphatic heterocycles. The van der Waals surface area contributed by atoms with E-state index in [1.807, 2.05) is 31.6 Å². The summed E-state index contributed by atoms with van der Waals surface area (Å²) in [6.45, 7) is 6.72. The van der Waals surface area contributed by atoms with Gasteiger partial charge < -0.3 is 0 Å². The lowest BCUT2D eigenvalue weighted by Crippen LogP contribution is -2.25. The maximum Gasteiger partial charge on any atom is 0.0967 e. The van der Waals surface area contributed by atoms with Crippen LogP contribution in [-0.2, 0) is 20.1 Å². The van der Waals surface area contributed by atoms with E-state index >= 15 is 0 Å². The summed E-state index contributed by atoms with van der Waals surface area (Å²) in [5.41, 5.74) is 3.32. The highest BCUT2D eigenvalue weighted by molar-refractivity contribution is 5.17. The SMILES string of the molecule is CCC/C=C/C=C\C=C(/C)CN(Cc1ccccn1)Cc1cn(C)nn1. The summed E-state index contributed by atoms with van der Waals surface area (Å²) in [6, 6.07) is 6.02. The molecule has 5 heteroatoms. The van der Waals surface area contributed by atoms with Crippen molar-refractivity contribution in [1.29, 1.82) is 0 Å². The van der Waals surface area contributed by atoms with E-state index in [9.17, 15) is 0 Å². The van der Waals surface area contributed by atoms with E-state index in [2.05, 4.69) is 70.5 Å². The van der Waals surface area contributed by atoms with E-state index in [0.29, 0.717) is 0 Å². The summed E-state index contributed by atoms with van der Waals surface area (Å²) >= 11 is 0. The highest BCUT2D eigenvalue weighted by Crippen LogP contribution is 2.09. The second kappa shape index (κ2) is 11.2. The molecule has 0 radical (unpaired) electrons. The Morgan fingerprint density at radius 2 is 2.00 bits per heavy atom. The van der Waals surface area contributed by atoms with Crippen molar-refractivity contribution in [3.05, 3.63) is 77.9 Å². The van der Waals surface area contributed by atoms with Gasteiger partial charge in [0.1, 0.15) is 0 Å². The molecule has 2 aromatic rings. The maximum atomic E-state index is 4.45. The molecular formula is C21H29N5. The summed E-state index contributed by atoms with van der Waals surface area (Å²) in [4.78, 5) is 6.78. The number of hydrogen-bond acceptors (Lipinski definition) is 4. The van der Waals surface area contributed by atoms with Gasteiger partial charge in [0.15, 0.2) is 0 Å². The molecule has 0 aliphatic rings. The molecule has 26 heavy (non-hydrogen) atoms. The highest BCUT2D eigenvalue weighted by atomic mass is 15.4. The summed E-state index contributed by atoms with van der Waals surface area (Å²) in [5.74, 6) is 0. The van der Waals surface area contributed by atoms with Crippen LogP contribution in [0.2, 0.25) is 0 Å². The monoisotopic (exact) mass is 351 g/mol. The lowest BCUT2D eigenvalue weighted by atomic mass is 10.2. The Morgan fingerprint density at radius 3 is 2.69 bits per heavy atom. The van der Waals surface area contributed by atoms with Crippen molar-refractivity contribution in [3.63, 3.8) is 0 Å². The van der Waals surface area contributed by atoms with Gasteiger partial charge in [-0.2, -0.15) is 0 Å². The van der Waals surface area contributed by atoms with Crippen molar-refractivity contribution in [2.24, 2.45) is 7.05 Å². The Hall–Kier alpha value is -2.53. The molecule has 0 N–H and O–H groups in total. The number of allylic oxidation sites excluding steroid dienone is 5. The van der Waals surface area contributed by atoms with Crippen LogP contribution in [0.15, 0.2) is 66.5 Å². The van der Waals surface area contributed by atoms with Crippen molar-refractivity contribution in [2.75, 3.05) is 6.54 Å². The predicted molar refractivity (Wildman–Crippen MR) is 106 cm³/mol. The predicted octanol–water partition coefficient (Wildman–Crippen LogP) is 4.07. The number of hydrogen-bond donors (Lipinski definition) is 0. The number of unbranched alkanes of at least 4 members (excludes halogenated alkanes) is 1. The average Bonchev–Trinajstić information content (AvgIpc) is 3.03. The molecule has 0 aliphatic carbocycles. The Labute approximate surface area is 156 Å². The van der Waals surface area contributed by atoms with E-state index < -0.39 is 0 Å². The highest BCUT2D eigenvalue weighted by Gasteiger charge is 2.10. The van der Waals surface area contributed by atoms with Gasteiger partial charge in [0.25, 0.3) is 0 Å². The molecule has 0 fully saturated rings. The molecule has 2 heterocycles. The zero-order valence-electron chi connectivity index (χ0n) is 16.0. The van der Waals surface area contributed by atoms with Crippen LogP contribution in [-0.4, -0.2) is 31.4 Å². The first kappa shape index (κ1) is 19.8. The van der Waals surface area contributed by atoms with Crippen LogP contribution in [0.1, 0.15) is 38.1 Å². The Bertz CT molecular complexity index is 728. The average molecular weight is 351 g/mol. The van der Waals surface area contributed by atoms with Gasteiger partial charge in [0, 0.05) is 39.1 Å². The van der Waals surface area contributed by atoms with Gasteiger partial charge in [0.2, 0.25) is 0 Å². The molecule has 2 aromatic heterocycles. The zero-order chi connectivity index (χ0) is 18.6. The summed E-state index contributed by atoms with van der Waals surface area (Å²) in [7, 11) is 1.89. The molecule has 0 bridgehead atoms. The fourth-order valence-electron chi connectivity index (χ4n) is 2.62. The van der Waals surface area contributed by atoms with Crippen molar-refractivity contribution < 1.29 is 0 Å². The molecule has 0 amide bonds. The van der Waals surface area contributed by atoms with E-state index in [-0.39, 0.29) is 0 Å². The van der Waals surface area contributed by atoms with Crippen molar-refractivity contribution in [1.82, 2.24) is 24.9 Å². The van der Waals surface area contributed by atoms with Crippen molar-refractivity contribution >= 4 is 0 Å². The van der Waals surface area contributed by atoms with Crippen LogP contribution in [0.3, 0.4) is 0 Å². The summed E-state index contributed by atoms with van der Waals surface area (Å²) in [5, 5.41) is 8.25. The lowest BCUT2D eigenvalue weighted by Gasteiger charge is -2.21. The summed E-state index contributed by atoms with van der Waals surface area (Å²) < 4.78 is 1.74. The van der Waals surface area contributed by atoms with Crippen LogP contribution in [0.5, 0.6) is 0 Å². The molecule has 138 valence electrons. The number of aryl methyl sites for hydroxylation is 1. The van der Waals surface area contributed by atoms with Crippen LogP contribution in [0, 0.1) is 0 Å². The molecule has 5 nitrogen and oxygen atoms in total. The smallest absolute Gasteiger partial charge is 0.0967 e. The first-order valence-corrected chi connectivity index (χ1v) is 9.13. The van der Waals surface area contributed by atoms with Gasteiger partial charge in [-0.3, -0.25) is 14.6 Å². The minimum Gasteiger partial charge on any atom is -0.288 e. The Balaban J connectivity index is 2.00. The lowest BCUT2D eigenvalue weighted by molar-refractivity contribution is 0.272. The third kappa shape index (κ3) is 7.57. The molecular weight excluding hydrogens is 322 g/mol. The number of nitrogens with zero attached hydrogens (tertiary/aromatic N) is 5. The van der Waals surface area contributed by atoms with Gasteiger partial charge in [-0.15, -0.1) is 5.10 Å². The van der Waals surface area contributed by atoms with Crippen LogP contribution >= 0.6 is 0 Å². The molecule has 0 saturated heterocycles. The number of pyridine rings is 1. The third-order valence-electron chi connectivity index (χ3n) is 3.81. The molecule has 0 spiro atoms. The molecule has 0 saturated carbocycles. The van der Waals surface area contributed by atoms with E-state index in [0.717, 1.165) is 37.4 Å². The second-order valence-corrected chi connectivity index (χ2v) is 6.46. The quantitative estimate of drug-likeness (QED) is 0.605. The topological polar surface area (TPSA) is 46.8 Å². The first-order chi connectivity index (χ1) is 12.7. The van der Waals surface area contributed by atoms with Gasteiger partial charge >= 0.3 is 0 Å². The fraction of sp³-hybridized carbons (Fsp3) is 0.381. The van der Waals surface area contributed by atoms with Gasteiger partial charge in [-0.05, 0) is 25.5 Å². The largest absolute Gasteiger partial charge is 0.288 e. The van der Waals surface area contributed by atoms with E-state index in [1.54, 1.807) is 4.68 Å². The minimum atomic E-state index is 0.746. The Morgan fingerprint density at radius 1 is 1.15 bits per heavy atom. The van der Waals surface area contributed by atoms with Gasteiger partial charge in [-0.1, -0.05) is 60.6 Å². The van der Waals surface area contributed by atoms with Crippen LogP contribution in [0.25, 0.3) is 0 Å². The van der Waals surface area contributed by atoms with Gasteiger partial charge in [-0.25, -0.2) is 0 Å². The van der Waals surface area contributed by atoms with Crippen LogP contribution in [0.4, 0.5) is 0 Å². The fourth-order valence-corrected chi connectivity index (χ4v) is 2.62.